The van der Waals surface area contributed by atoms with E-state index in [-0.39, 0.29) is 23.9 Å². The smallest absolute Gasteiger partial charge is 0.232 e. The molecule has 3 aliphatic rings. The molecule has 2 aliphatic heterocycles. The fourth-order valence-electron chi connectivity index (χ4n) is 6.22. The Balaban J connectivity index is 1.16. The molecule has 3 aromatic carbocycles. The fourth-order valence-corrected chi connectivity index (χ4v) is 6.92. The minimum absolute atomic E-state index is 0.0413. The molecule has 0 aromatic heterocycles. The van der Waals surface area contributed by atoms with Gasteiger partial charge in [0.25, 0.3) is 0 Å². The average molecular weight is 621 g/mol. The summed E-state index contributed by atoms with van der Waals surface area (Å²) in [7, 11) is 0. The molecule has 6 nitrogen and oxygen atoms in total. The lowest BCUT2D eigenvalue weighted by Crippen LogP contribution is -2.62. The predicted molar refractivity (Wildman–Crippen MR) is 173 cm³/mol. The lowest BCUT2D eigenvalue weighted by atomic mass is 9.79. The third-order valence-electron chi connectivity index (χ3n) is 8.80. The van der Waals surface area contributed by atoms with Crippen LogP contribution in [0.5, 0.6) is 11.5 Å². The number of carbonyl (C=O) groups excluding carboxylic acids is 1. The third-order valence-corrected chi connectivity index (χ3v) is 9.36. The van der Waals surface area contributed by atoms with Crippen LogP contribution in [0.1, 0.15) is 40.7 Å². The molecule has 2 heterocycles. The van der Waals surface area contributed by atoms with Gasteiger partial charge in [-0.25, -0.2) is 0 Å². The molecule has 8 heteroatoms. The second-order valence-corrected chi connectivity index (χ2v) is 12.8. The van der Waals surface area contributed by atoms with E-state index in [0.29, 0.717) is 41.6 Å². The van der Waals surface area contributed by atoms with Gasteiger partial charge in [0.1, 0.15) is 19.0 Å². The zero-order valence-corrected chi connectivity index (χ0v) is 26.5. The van der Waals surface area contributed by atoms with Gasteiger partial charge in [-0.1, -0.05) is 59.6 Å². The van der Waals surface area contributed by atoms with Crippen molar-refractivity contribution in [1.82, 2.24) is 15.5 Å². The van der Waals surface area contributed by atoms with Gasteiger partial charge in [0.15, 0.2) is 5.75 Å². The first-order valence-electron chi connectivity index (χ1n) is 15.1. The zero-order chi connectivity index (χ0) is 30.1. The lowest BCUT2D eigenvalue weighted by molar-refractivity contribution is -0.136. The van der Waals surface area contributed by atoms with Gasteiger partial charge in [0, 0.05) is 37.8 Å². The Morgan fingerprint density at radius 2 is 1.67 bits per heavy atom. The highest BCUT2D eigenvalue weighted by molar-refractivity contribution is 6.37. The monoisotopic (exact) mass is 619 g/mol. The highest BCUT2D eigenvalue weighted by Crippen LogP contribution is 2.38. The van der Waals surface area contributed by atoms with Crippen molar-refractivity contribution >= 4 is 34.7 Å². The quantitative estimate of drug-likeness (QED) is 0.253. The number of rotatable bonds is 10. The highest BCUT2D eigenvalue weighted by Gasteiger charge is 2.44. The number of ether oxygens (including phenoxy) is 2. The summed E-state index contributed by atoms with van der Waals surface area (Å²) in [6, 6.07) is 18.7. The molecule has 1 aliphatic carbocycles. The number of nitrogens with zero attached hydrogens (tertiary/aromatic N) is 1. The van der Waals surface area contributed by atoms with Gasteiger partial charge in [-0.2, -0.15) is 0 Å². The number of hydrogen-bond donors (Lipinski definition) is 2. The second kappa shape index (κ2) is 12.9. The number of amides is 1. The molecule has 2 N–H and O–H groups in total. The van der Waals surface area contributed by atoms with Crippen molar-refractivity contribution in [2.75, 3.05) is 26.3 Å². The van der Waals surface area contributed by atoms with E-state index in [0.717, 1.165) is 48.4 Å². The molecule has 43 heavy (non-hydrogen) atoms. The molecule has 6 rings (SSSR count). The molecular formula is C35H39Cl2N3O3. The standard InChI is InChI=1S/C35H39Cl2N3O3/c1-21-15-30(36)34(31(37)16-21)43-14-13-42-28-11-7-24(8-12-28)29-17-26-18-38-19-32(39-26)33(29)35(41)40(27-9-10-27)20-25-6-4-5-22(2)23(25)3/h4-8,11-12,15-17,26-27,32-33,38-39H,9-10,13-14,18-20H2,1-3H3/t26-,32-,33?/m1/s1. The Labute approximate surface area is 264 Å². The second-order valence-electron chi connectivity index (χ2n) is 12.0. The van der Waals surface area contributed by atoms with E-state index >= 15 is 0 Å². The minimum Gasteiger partial charge on any atom is -0.490 e. The Bertz CT molecular complexity index is 1500. The van der Waals surface area contributed by atoms with Crippen molar-refractivity contribution in [2.24, 2.45) is 5.92 Å². The summed E-state index contributed by atoms with van der Waals surface area (Å²) in [5.41, 5.74) is 6.89. The van der Waals surface area contributed by atoms with E-state index in [2.05, 4.69) is 65.8 Å². The Hall–Kier alpha value is -3.03. The van der Waals surface area contributed by atoms with Crippen molar-refractivity contribution in [1.29, 1.82) is 0 Å². The number of aryl methyl sites for hydroxylation is 2. The van der Waals surface area contributed by atoms with Crippen molar-refractivity contribution in [3.8, 4) is 11.5 Å². The maximum Gasteiger partial charge on any atom is 0.232 e. The number of hydrogen-bond acceptors (Lipinski definition) is 5. The molecule has 3 atom stereocenters. The maximum atomic E-state index is 14.4. The van der Waals surface area contributed by atoms with Crippen LogP contribution < -0.4 is 20.1 Å². The number of halogens is 2. The molecule has 1 saturated carbocycles. The minimum atomic E-state index is -0.265. The van der Waals surface area contributed by atoms with Crippen LogP contribution in [0.3, 0.4) is 0 Å². The van der Waals surface area contributed by atoms with Gasteiger partial charge in [0.05, 0.1) is 16.0 Å². The van der Waals surface area contributed by atoms with Gasteiger partial charge in [0.2, 0.25) is 5.91 Å². The van der Waals surface area contributed by atoms with E-state index in [9.17, 15) is 4.79 Å². The molecule has 3 aromatic rings. The first-order valence-corrected chi connectivity index (χ1v) is 15.9. The number of piperazine rings is 1. The van der Waals surface area contributed by atoms with E-state index in [1.807, 2.05) is 31.2 Å². The van der Waals surface area contributed by atoms with Crippen LogP contribution in [0, 0.1) is 26.7 Å². The summed E-state index contributed by atoms with van der Waals surface area (Å²) in [6.45, 7) is 9.16. The Kier molecular flexibility index (Phi) is 9.01. The SMILES string of the molecule is Cc1cc(Cl)c(OCCOc2ccc(C3=C[C@@H]4CNC[C@@H](N4)C3C(=O)N(Cc3cccc(C)c3C)C3CC3)cc2)c(Cl)c1. The Morgan fingerprint density at radius 3 is 2.40 bits per heavy atom. The lowest BCUT2D eigenvalue weighted by Gasteiger charge is -2.42. The summed E-state index contributed by atoms with van der Waals surface area (Å²) < 4.78 is 11.8. The predicted octanol–water partition coefficient (Wildman–Crippen LogP) is 6.51. The Morgan fingerprint density at radius 1 is 0.953 bits per heavy atom. The molecule has 226 valence electrons. The van der Waals surface area contributed by atoms with E-state index < -0.39 is 0 Å². The summed E-state index contributed by atoms with van der Waals surface area (Å²) in [4.78, 5) is 16.6. The van der Waals surface area contributed by atoms with Crippen LogP contribution in [-0.4, -0.2) is 55.2 Å². The van der Waals surface area contributed by atoms with Crippen LogP contribution in [0.4, 0.5) is 0 Å². The number of benzene rings is 3. The number of nitrogens with one attached hydrogen (secondary N) is 2. The van der Waals surface area contributed by atoms with E-state index in [4.69, 9.17) is 32.7 Å². The molecule has 2 fully saturated rings. The molecule has 0 spiro atoms. The average Bonchev–Trinajstić information content (AvgIpc) is 3.82. The molecule has 2 bridgehead atoms. The molecular weight excluding hydrogens is 581 g/mol. The molecule has 1 saturated heterocycles. The van der Waals surface area contributed by atoms with Crippen LogP contribution in [0.2, 0.25) is 10.0 Å². The zero-order valence-electron chi connectivity index (χ0n) is 25.0. The summed E-state index contributed by atoms with van der Waals surface area (Å²) in [5.74, 6) is 1.15. The van der Waals surface area contributed by atoms with Gasteiger partial charge in [-0.15, -0.1) is 0 Å². The largest absolute Gasteiger partial charge is 0.490 e. The maximum absolute atomic E-state index is 14.4. The molecule has 1 unspecified atom stereocenters. The first kappa shape index (κ1) is 30.0. The van der Waals surface area contributed by atoms with Gasteiger partial charge < -0.3 is 25.0 Å². The van der Waals surface area contributed by atoms with Gasteiger partial charge in [-0.05, 0) is 91.3 Å². The molecule has 1 amide bonds. The summed E-state index contributed by atoms with van der Waals surface area (Å²) in [5, 5.41) is 8.21. The first-order chi connectivity index (χ1) is 20.8. The topological polar surface area (TPSA) is 62.8 Å². The van der Waals surface area contributed by atoms with Crippen molar-refractivity contribution in [3.05, 3.63) is 98.5 Å². The van der Waals surface area contributed by atoms with Crippen LogP contribution in [-0.2, 0) is 11.3 Å². The van der Waals surface area contributed by atoms with Crippen LogP contribution >= 0.6 is 23.2 Å². The number of fused-ring (bicyclic) bond motifs is 2. The van der Waals surface area contributed by atoms with Gasteiger partial charge >= 0.3 is 0 Å². The van der Waals surface area contributed by atoms with Crippen molar-refractivity contribution in [3.63, 3.8) is 0 Å². The summed E-state index contributed by atoms with van der Waals surface area (Å²) >= 11 is 12.6. The third kappa shape index (κ3) is 6.73. The highest BCUT2D eigenvalue weighted by atomic mass is 35.5. The molecule has 0 radical (unpaired) electrons. The normalized spacial score (nSPS) is 21.2. The summed E-state index contributed by atoms with van der Waals surface area (Å²) in [6.07, 6.45) is 4.38. The van der Waals surface area contributed by atoms with Crippen LogP contribution in [0.15, 0.2) is 60.7 Å². The van der Waals surface area contributed by atoms with Gasteiger partial charge in [-0.3, -0.25) is 4.79 Å². The van der Waals surface area contributed by atoms with Crippen molar-refractivity contribution < 1.29 is 14.3 Å². The van der Waals surface area contributed by atoms with Crippen molar-refractivity contribution in [2.45, 2.75) is 58.3 Å². The van der Waals surface area contributed by atoms with E-state index in [1.165, 1.54) is 16.7 Å². The fraction of sp³-hybridized carbons (Fsp3) is 0.400. The number of carbonyl (C=O) groups is 1. The van der Waals surface area contributed by atoms with Crippen LogP contribution in [0.25, 0.3) is 5.57 Å². The van der Waals surface area contributed by atoms with E-state index in [1.54, 1.807) is 0 Å².